The van der Waals surface area contributed by atoms with Crippen LogP contribution in [0.5, 0.6) is 0 Å². The highest BCUT2D eigenvalue weighted by Gasteiger charge is 2.14. The van der Waals surface area contributed by atoms with Crippen LogP contribution < -0.4 is 5.73 Å². The highest BCUT2D eigenvalue weighted by molar-refractivity contribution is 5.89. The molecule has 0 amide bonds. The number of benzene rings is 1. The lowest BCUT2D eigenvalue weighted by molar-refractivity contribution is -0.118. The van der Waals surface area contributed by atoms with E-state index in [2.05, 4.69) is 4.74 Å². The zero-order valence-corrected chi connectivity index (χ0v) is 10.8. The van der Waals surface area contributed by atoms with E-state index in [0.29, 0.717) is 12.0 Å². The van der Waals surface area contributed by atoms with Crippen LogP contribution in [-0.4, -0.2) is 25.4 Å². The number of rotatable bonds is 6. The molecule has 0 bridgehead atoms. The van der Waals surface area contributed by atoms with Gasteiger partial charge in [0.1, 0.15) is 5.78 Å². The molecule has 1 atom stereocenters. The van der Waals surface area contributed by atoms with E-state index in [1.54, 1.807) is 12.1 Å². The molecule has 0 heterocycles. The van der Waals surface area contributed by atoms with E-state index in [-0.39, 0.29) is 24.2 Å². The molecule has 1 aromatic carbocycles. The molecule has 0 aliphatic carbocycles. The fraction of sp³-hybridized carbons (Fsp3) is 0.429. The van der Waals surface area contributed by atoms with Gasteiger partial charge in [-0.15, -0.1) is 0 Å². The minimum atomic E-state index is -0.354. The zero-order valence-electron chi connectivity index (χ0n) is 10.8. The third-order valence-electron chi connectivity index (χ3n) is 3.00. The molecule has 0 fully saturated rings. The maximum atomic E-state index is 11.4. The molecule has 0 spiro atoms. The summed E-state index contributed by atoms with van der Waals surface area (Å²) in [6.45, 7) is 2.11. The smallest absolute Gasteiger partial charge is 0.337 e. The van der Waals surface area contributed by atoms with Gasteiger partial charge < -0.3 is 10.5 Å². The molecule has 0 aromatic heterocycles. The topological polar surface area (TPSA) is 69.4 Å². The second-order valence-electron chi connectivity index (χ2n) is 4.17. The number of methoxy groups -OCH3 is 1. The SMILES string of the molecule is CCC(CC(=O)CN)c1ccc(C(=O)OC)cc1. The standard InChI is InChI=1S/C14H19NO3/c1-3-10(8-13(16)9-15)11-4-6-12(7-5-11)14(17)18-2/h4-7,10H,3,8-9,15H2,1-2H3. The molecule has 1 rings (SSSR count). The normalized spacial score (nSPS) is 11.9. The van der Waals surface area contributed by atoms with Crippen LogP contribution in [-0.2, 0) is 9.53 Å². The Labute approximate surface area is 107 Å². The monoisotopic (exact) mass is 249 g/mol. The number of Topliss-reactive ketones (excluding diaryl/α,β-unsaturated/α-hetero) is 1. The van der Waals surface area contributed by atoms with Gasteiger partial charge in [0.05, 0.1) is 19.2 Å². The summed E-state index contributed by atoms with van der Waals surface area (Å²) in [6, 6.07) is 7.17. The van der Waals surface area contributed by atoms with E-state index in [9.17, 15) is 9.59 Å². The van der Waals surface area contributed by atoms with Crippen LogP contribution >= 0.6 is 0 Å². The average molecular weight is 249 g/mol. The van der Waals surface area contributed by atoms with Gasteiger partial charge in [0.25, 0.3) is 0 Å². The Balaban J connectivity index is 2.81. The fourth-order valence-corrected chi connectivity index (χ4v) is 1.87. The third-order valence-corrected chi connectivity index (χ3v) is 3.00. The van der Waals surface area contributed by atoms with Crippen LogP contribution in [0.3, 0.4) is 0 Å². The van der Waals surface area contributed by atoms with Crippen LogP contribution in [0, 0.1) is 0 Å². The average Bonchev–Trinajstić information content (AvgIpc) is 2.43. The summed E-state index contributed by atoms with van der Waals surface area (Å²) in [5.41, 5.74) is 6.89. The van der Waals surface area contributed by atoms with Crippen molar-refractivity contribution in [3.8, 4) is 0 Å². The van der Waals surface area contributed by atoms with Gasteiger partial charge in [-0.05, 0) is 30.0 Å². The first-order valence-electron chi connectivity index (χ1n) is 6.02. The maximum Gasteiger partial charge on any atom is 0.337 e. The van der Waals surface area contributed by atoms with Crippen molar-refractivity contribution in [2.75, 3.05) is 13.7 Å². The summed E-state index contributed by atoms with van der Waals surface area (Å²) in [4.78, 5) is 22.7. The molecule has 0 radical (unpaired) electrons. The van der Waals surface area contributed by atoms with Gasteiger partial charge in [-0.25, -0.2) is 4.79 Å². The summed E-state index contributed by atoms with van der Waals surface area (Å²) >= 11 is 0. The predicted octanol–water partition coefficient (Wildman–Crippen LogP) is 1.88. The molecule has 1 aromatic rings. The molecule has 4 nitrogen and oxygen atoms in total. The molecular weight excluding hydrogens is 230 g/mol. The Morgan fingerprint density at radius 3 is 2.33 bits per heavy atom. The highest BCUT2D eigenvalue weighted by atomic mass is 16.5. The molecule has 98 valence electrons. The Hall–Kier alpha value is -1.68. The molecule has 4 heteroatoms. The Morgan fingerprint density at radius 2 is 1.89 bits per heavy atom. The number of ether oxygens (including phenoxy) is 1. The minimum absolute atomic E-state index is 0.0545. The first kappa shape index (κ1) is 14.4. The van der Waals surface area contributed by atoms with E-state index in [4.69, 9.17) is 5.73 Å². The lowest BCUT2D eigenvalue weighted by Gasteiger charge is -2.14. The van der Waals surface area contributed by atoms with Crippen molar-refractivity contribution in [1.29, 1.82) is 0 Å². The zero-order chi connectivity index (χ0) is 13.5. The minimum Gasteiger partial charge on any atom is -0.465 e. The van der Waals surface area contributed by atoms with Crippen molar-refractivity contribution < 1.29 is 14.3 Å². The van der Waals surface area contributed by atoms with Crippen LogP contribution in [0.2, 0.25) is 0 Å². The summed E-state index contributed by atoms with van der Waals surface area (Å²) in [5, 5.41) is 0. The summed E-state index contributed by atoms with van der Waals surface area (Å²) in [6.07, 6.45) is 1.31. The quantitative estimate of drug-likeness (QED) is 0.781. The lowest BCUT2D eigenvalue weighted by Crippen LogP contribution is -2.16. The van der Waals surface area contributed by atoms with Crippen molar-refractivity contribution in [1.82, 2.24) is 0 Å². The largest absolute Gasteiger partial charge is 0.465 e. The molecule has 1 unspecified atom stereocenters. The Morgan fingerprint density at radius 1 is 1.28 bits per heavy atom. The Bertz CT molecular complexity index is 412. The molecule has 0 saturated carbocycles. The second kappa shape index (κ2) is 6.91. The fourth-order valence-electron chi connectivity index (χ4n) is 1.87. The molecule has 18 heavy (non-hydrogen) atoms. The molecule has 0 aliphatic rings. The second-order valence-corrected chi connectivity index (χ2v) is 4.17. The van der Waals surface area contributed by atoms with Crippen LogP contribution in [0.15, 0.2) is 24.3 Å². The van der Waals surface area contributed by atoms with Gasteiger partial charge in [-0.3, -0.25) is 4.79 Å². The number of nitrogens with two attached hydrogens (primary N) is 1. The van der Waals surface area contributed by atoms with Crippen molar-refractivity contribution >= 4 is 11.8 Å². The number of ketones is 1. The van der Waals surface area contributed by atoms with Gasteiger partial charge in [0, 0.05) is 6.42 Å². The summed E-state index contributed by atoms with van der Waals surface area (Å²) in [7, 11) is 1.35. The Kier molecular flexibility index (Phi) is 5.52. The number of carbonyl (C=O) groups excluding carboxylic acids is 2. The molecular formula is C14H19NO3. The van der Waals surface area contributed by atoms with Gasteiger partial charge in [-0.1, -0.05) is 19.1 Å². The maximum absolute atomic E-state index is 11.4. The van der Waals surface area contributed by atoms with Crippen LogP contribution in [0.4, 0.5) is 0 Å². The lowest BCUT2D eigenvalue weighted by atomic mass is 9.91. The van der Waals surface area contributed by atoms with Crippen LogP contribution in [0.25, 0.3) is 0 Å². The summed E-state index contributed by atoms with van der Waals surface area (Å²) < 4.78 is 4.64. The number of hydrogen-bond acceptors (Lipinski definition) is 4. The highest BCUT2D eigenvalue weighted by Crippen LogP contribution is 2.23. The third kappa shape index (κ3) is 3.67. The van der Waals surface area contributed by atoms with E-state index < -0.39 is 0 Å². The van der Waals surface area contributed by atoms with Crippen molar-refractivity contribution in [2.45, 2.75) is 25.7 Å². The van der Waals surface area contributed by atoms with Gasteiger partial charge in [0.15, 0.2) is 0 Å². The first-order valence-corrected chi connectivity index (χ1v) is 6.02. The molecule has 0 aliphatic heterocycles. The van der Waals surface area contributed by atoms with Gasteiger partial charge in [-0.2, -0.15) is 0 Å². The van der Waals surface area contributed by atoms with E-state index in [1.165, 1.54) is 7.11 Å². The van der Waals surface area contributed by atoms with Crippen molar-refractivity contribution in [3.63, 3.8) is 0 Å². The van der Waals surface area contributed by atoms with Gasteiger partial charge >= 0.3 is 5.97 Å². The summed E-state index contributed by atoms with van der Waals surface area (Å²) in [5.74, 6) is -0.140. The van der Waals surface area contributed by atoms with Gasteiger partial charge in [0.2, 0.25) is 0 Å². The number of carbonyl (C=O) groups is 2. The first-order chi connectivity index (χ1) is 8.62. The van der Waals surface area contributed by atoms with Crippen molar-refractivity contribution in [2.24, 2.45) is 5.73 Å². The van der Waals surface area contributed by atoms with Crippen LogP contribution in [0.1, 0.15) is 41.6 Å². The van der Waals surface area contributed by atoms with E-state index in [1.807, 2.05) is 19.1 Å². The molecule has 2 N–H and O–H groups in total. The van der Waals surface area contributed by atoms with E-state index >= 15 is 0 Å². The predicted molar refractivity (Wildman–Crippen MR) is 69.5 cm³/mol. The number of esters is 1. The van der Waals surface area contributed by atoms with E-state index in [0.717, 1.165) is 12.0 Å². The molecule has 0 saturated heterocycles. The number of hydrogen-bond donors (Lipinski definition) is 1. The van der Waals surface area contributed by atoms with Crippen molar-refractivity contribution in [3.05, 3.63) is 35.4 Å².